The van der Waals surface area contributed by atoms with Crippen molar-refractivity contribution in [2.75, 3.05) is 26.2 Å². The van der Waals surface area contributed by atoms with E-state index in [2.05, 4.69) is 10.6 Å². The van der Waals surface area contributed by atoms with Gasteiger partial charge in [0.15, 0.2) is 0 Å². The number of piperidine rings is 1. The Morgan fingerprint density at radius 2 is 1.94 bits per heavy atom. The minimum absolute atomic E-state index is 0.0135. The van der Waals surface area contributed by atoms with Crippen molar-refractivity contribution in [1.82, 2.24) is 15.5 Å². The van der Waals surface area contributed by atoms with Crippen LogP contribution in [-0.2, 0) is 14.4 Å². The number of carbonyl (C=O) groups is 3. The maximum Gasteiger partial charge on any atom is 0.223 e. The van der Waals surface area contributed by atoms with Gasteiger partial charge in [0.05, 0.1) is 0 Å². The molecule has 1 aliphatic rings. The number of nitrogens with zero attached hydrogens (tertiary/aromatic N) is 1. The molecule has 0 aromatic heterocycles. The Morgan fingerprint density at radius 1 is 1.28 bits per heavy atom. The van der Waals surface area contributed by atoms with Crippen LogP contribution in [0, 0.1) is 5.92 Å². The quantitative estimate of drug-likeness (QED) is 0.496. The first kappa shape index (κ1) is 14.5. The number of rotatable bonds is 6. The monoisotopic (exact) mass is 255 g/mol. The van der Waals surface area contributed by atoms with E-state index in [4.69, 9.17) is 0 Å². The zero-order valence-electron chi connectivity index (χ0n) is 10.8. The fourth-order valence-corrected chi connectivity index (χ4v) is 2.06. The third kappa shape index (κ3) is 4.73. The van der Waals surface area contributed by atoms with Crippen molar-refractivity contribution >= 4 is 18.2 Å². The molecular formula is C12H21N3O3. The summed E-state index contributed by atoms with van der Waals surface area (Å²) >= 11 is 0. The van der Waals surface area contributed by atoms with E-state index in [9.17, 15) is 14.4 Å². The molecular weight excluding hydrogens is 234 g/mol. The molecule has 0 saturated carbocycles. The molecule has 1 heterocycles. The molecule has 0 aromatic rings. The Hall–Kier alpha value is -1.59. The molecule has 1 saturated heterocycles. The van der Waals surface area contributed by atoms with E-state index in [1.165, 1.54) is 0 Å². The fraction of sp³-hybridized carbons (Fsp3) is 0.750. The predicted molar refractivity (Wildman–Crippen MR) is 66.7 cm³/mol. The normalized spacial score (nSPS) is 16.2. The first-order chi connectivity index (χ1) is 8.65. The lowest BCUT2D eigenvalue weighted by molar-refractivity contribution is -0.133. The van der Waals surface area contributed by atoms with Gasteiger partial charge >= 0.3 is 0 Å². The van der Waals surface area contributed by atoms with Crippen LogP contribution >= 0.6 is 0 Å². The highest BCUT2D eigenvalue weighted by molar-refractivity contribution is 5.79. The topological polar surface area (TPSA) is 78.5 Å². The van der Waals surface area contributed by atoms with E-state index in [0.717, 1.165) is 19.3 Å². The highest BCUT2D eigenvalue weighted by Gasteiger charge is 2.25. The Balaban J connectivity index is 2.16. The van der Waals surface area contributed by atoms with Crippen molar-refractivity contribution in [1.29, 1.82) is 0 Å². The molecule has 2 N–H and O–H groups in total. The van der Waals surface area contributed by atoms with Crippen LogP contribution in [0.4, 0.5) is 0 Å². The number of hydrogen-bond donors (Lipinski definition) is 2. The Bertz CT molecular complexity index is 299. The second-order valence-electron chi connectivity index (χ2n) is 4.50. The van der Waals surface area contributed by atoms with Crippen molar-refractivity contribution in [3.05, 3.63) is 0 Å². The van der Waals surface area contributed by atoms with Gasteiger partial charge in [-0.25, -0.2) is 0 Å². The minimum atomic E-state index is 0.0135. The van der Waals surface area contributed by atoms with E-state index in [0.29, 0.717) is 32.6 Å². The van der Waals surface area contributed by atoms with Crippen molar-refractivity contribution in [2.45, 2.75) is 26.2 Å². The summed E-state index contributed by atoms with van der Waals surface area (Å²) in [4.78, 5) is 34.7. The Labute approximate surface area is 107 Å². The molecule has 18 heavy (non-hydrogen) atoms. The summed E-state index contributed by atoms with van der Waals surface area (Å²) in [6.07, 6.45) is 2.85. The van der Waals surface area contributed by atoms with Gasteiger partial charge < -0.3 is 15.5 Å². The SMILES string of the molecule is CC(=O)N1CCC(C(=O)NCCCNC=O)CC1. The molecule has 0 unspecified atom stereocenters. The van der Waals surface area contributed by atoms with Gasteiger partial charge in [-0.3, -0.25) is 14.4 Å². The van der Waals surface area contributed by atoms with Crippen LogP contribution in [0.25, 0.3) is 0 Å². The van der Waals surface area contributed by atoms with Crippen LogP contribution in [0.15, 0.2) is 0 Å². The van der Waals surface area contributed by atoms with Gasteiger partial charge in [0, 0.05) is 39.0 Å². The van der Waals surface area contributed by atoms with Crippen molar-refractivity contribution in [2.24, 2.45) is 5.92 Å². The van der Waals surface area contributed by atoms with E-state index < -0.39 is 0 Å². The summed E-state index contributed by atoms with van der Waals surface area (Å²) in [7, 11) is 0. The summed E-state index contributed by atoms with van der Waals surface area (Å²) in [5.41, 5.74) is 0. The molecule has 0 aliphatic carbocycles. The molecule has 0 bridgehead atoms. The third-order valence-corrected chi connectivity index (χ3v) is 3.19. The second kappa shape index (κ2) is 7.68. The third-order valence-electron chi connectivity index (χ3n) is 3.19. The predicted octanol–water partition coefficient (Wildman–Crippen LogP) is -0.503. The molecule has 3 amide bonds. The Kier molecular flexibility index (Phi) is 6.18. The standard InChI is InChI=1S/C12H21N3O3/c1-10(17)15-7-3-11(4-8-15)12(18)14-6-2-5-13-9-16/h9,11H,2-8H2,1H3,(H,13,16)(H,14,18). The highest BCUT2D eigenvalue weighted by Crippen LogP contribution is 2.17. The van der Waals surface area contributed by atoms with E-state index >= 15 is 0 Å². The van der Waals surface area contributed by atoms with Crippen LogP contribution in [0.2, 0.25) is 0 Å². The number of hydrogen-bond acceptors (Lipinski definition) is 3. The minimum Gasteiger partial charge on any atom is -0.359 e. The molecule has 102 valence electrons. The van der Waals surface area contributed by atoms with Crippen molar-refractivity contribution in [3.8, 4) is 0 Å². The van der Waals surface area contributed by atoms with Crippen LogP contribution in [0.5, 0.6) is 0 Å². The van der Waals surface area contributed by atoms with Gasteiger partial charge in [-0.2, -0.15) is 0 Å². The van der Waals surface area contributed by atoms with E-state index in [1.54, 1.807) is 11.8 Å². The van der Waals surface area contributed by atoms with Crippen LogP contribution in [0.3, 0.4) is 0 Å². The van der Waals surface area contributed by atoms with Gasteiger partial charge in [-0.15, -0.1) is 0 Å². The van der Waals surface area contributed by atoms with Crippen LogP contribution < -0.4 is 10.6 Å². The van der Waals surface area contributed by atoms with E-state index in [-0.39, 0.29) is 17.7 Å². The van der Waals surface area contributed by atoms with Crippen molar-refractivity contribution in [3.63, 3.8) is 0 Å². The summed E-state index contributed by atoms with van der Waals surface area (Å²) in [6, 6.07) is 0. The molecule has 0 spiro atoms. The highest BCUT2D eigenvalue weighted by atomic mass is 16.2. The average molecular weight is 255 g/mol. The Morgan fingerprint density at radius 3 is 2.50 bits per heavy atom. The van der Waals surface area contributed by atoms with Crippen molar-refractivity contribution < 1.29 is 14.4 Å². The molecule has 0 radical (unpaired) electrons. The molecule has 1 rings (SSSR count). The zero-order valence-corrected chi connectivity index (χ0v) is 10.8. The lowest BCUT2D eigenvalue weighted by Gasteiger charge is -2.30. The van der Waals surface area contributed by atoms with Gasteiger partial charge in [-0.1, -0.05) is 0 Å². The first-order valence-corrected chi connectivity index (χ1v) is 6.35. The number of amides is 3. The molecule has 1 aliphatic heterocycles. The smallest absolute Gasteiger partial charge is 0.223 e. The van der Waals surface area contributed by atoms with Gasteiger partial charge in [0.1, 0.15) is 0 Å². The second-order valence-corrected chi connectivity index (χ2v) is 4.50. The summed E-state index contributed by atoms with van der Waals surface area (Å²) < 4.78 is 0. The average Bonchev–Trinajstić information content (AvgIpc) is 2.38. The summed E-state index contributed by atoms with van der Waals surface area (Å²) in [5.74, 6) is 0.151. The summed E-state index contributed by atoms with van der Waals surface area (Å²) in [5, 5.41) is 5.40. The number of nitrogens with one attached hydrogen (secondary N) is 2. The van der Waals surface area contributed by atoms with Crippen LogP contribution in [0.1, 0.15) is 26.2 Å². The van der Waals surface area contributed by atoms with Gasteiger partial charge in [0.2, 0.25) is 18.2 Å². The maximum absolute atomic E-state index is 11.8. The number of carbonyl (C=O) groups excluding carboxylic acids is 3. The summed E-state index contributed by atoms with van der Waals surface area (Å²) in [6.45, 7) is 4.04. The molecule has 6 heteroatoms. The van der Waals surface area contributed by atoms with Gasteiger partial charge in [-0.05, 0) is 19.3 Å². The van der Waals surface area contributed by atoms with Crippen LogP contribution in [-0.4, -0.2) is 49.3 Å². The lowest BCUT2D eigenvalue weighted by atomic mass is 9.96. The maximum atomic E-state index is 11.8. The molecule has 0 aromatic carbocycles. The van der Waals surface area contributed by atoms with E-state index in [1.807, 2.05) is 0 Å². The fourth-order valence-electron chi connectivity index (χ4n) is 2.06. The molecule has 1 fully saturated rings. The largest absolute Gasteiger partial charge is 0.359 e. The zero-order chi connectivity index (χ0) is 13.4. The number of likely N-dealkylation sites (tertiary alicyclic amines) is 1. The molecule has 6 nitrogen and oxygen atoms in total. The molecule has 0 atom stereocenters. The lowest BCUT2D eigenvalue weighted by Crippen LogP contribution is -2.42. The first-order valence-electron chi connectivity index (χ1n) is 6.35. The van der Waals surface area contributed by atoms with Gasteiger partial charge in [0.25, 0.3) is 0 Å².